The van der Waals surface area contributed by atoms with Gasteiger partial charge in [0.15, 0.2) is 0 Å². The predicted octanol–water partition coefficient (Wildman–Crippen LogP) is 6.41. The molecule has 0 fully saturated rings. The fourth-order valence-electron chi connectivity index (χ4n) is 5.13. The Hall–Kier alpha value is -3.96. The third-order valence-electron chi connectivity index (χ3n) is 7.16. The second-order valence-electron chi connectivity index (χ2n) is 11.1. The molecule has 2 atom stereocenters. The maximum atomic E-state index is 13.6. The summed E-state index contributed by atoms with van der Waals surface area (Å²) in [6.45, 7) is 4.40. The zero-order chi connectivity index (χ0) is 33.2. The van der Waals surface area contributed by atoms with Crippen molar-refractivity contribution in [1.82, 2.24) is 9.80 Å². The van der Waals surface area contributed by atoms with Crippen LogP contribution in [0.1, 0.15) is 42.2 Å². The molecule has 1 aliphatic heterocycles. The van der Waals surface area contributed by atoms with Crippen molar-refractivity contribution in [1.29, 1.82) is 0 Å². The number of amides is 3. The number of esters is 1. The maximum absolute atomic E-state index is 13.6. The first kappa shape index (κ1) is 34.9. The Bertz CT molecular complexity index is 1510. The smallest absolute Gasteiger partial charge is 0.344 e. The summed E-state index contributed by atoms with van der Waals surface area (Å²) in [4.78, 5) is 47.6. The first-order valence-electron chi connectivity index (χ1n) is 15.0. The van der Waals surface area contributed by atoms with E-state index in [-0.39, 0.29) is 37.9 Å². The highest BCUT2D eigenvalue weighted by molar-refractivity contribution is 6.34. The predicted molar refractivity (Wildman–Crippen MR) is 178 cm³/mol. The molecule has 0 aromatic heterocycles. The van der Waals surface area contributed by atoms with Crippen LogP contribution in [0, 0.1) is 5.92 Å². The van der Waals surface area contributed by atoms with Gasteiger partial charge in [-0.2, -0.15) is 4.99 Å². The lowest BCUT2D eigenvalue weighted by molar-refractivity contribution is -0.152. The van der Waals surface area contributed by atoms with Gasteiger partial charge in [-0.15, -0.1) is 0 Å². The highest BCUT2D eigenvalue weighted by Crippen LogP contribution is 2.38. The highest BCUT2D eigenvalue weighted by Gasteiger charge is 2.45. The van der Waals surface area contributed by atoms with Crippen LogP contribution in [0.3, 0.4) is 0 Å². The van der Waals surface area contributed by atoms with Crippen LogP contribution >= 0.6 is 23.2 Å². The van der Waals surface area contributed by atoms with E-state index in [1.165, 1.54) is 4.90 Å². The third-order valence-corrected chi connectivity index (χ3v) is 7.60. The van der Waals surface area contributed by atoms with Crippen molar-refractivity contribution < 1.29 is 28.6 Å². The van der Waals surface area contributed by atoms with Crippen molar-refractivity contribution in [3.8, 4) is 11.5 Å². The number of urea groups is 1. The molecule has 2 N–H and O–H groups in total. The van der Waals surface area contributed by atoms with Crippen LogP contribution in [0.5, 0.6) is 11.5 Å². The van der Waals surface area contributed by atoms with E-state index in [4.69, 9.17) is 43.1 Å². The van der Waals surface area contributed by atoms with Crippen LogP contribution in [0.15, 0.2) is 77.8 Å². The molecule has 10 nitrogen and oxygen atoms in total. The van der Waals surface area contributed by atoms with Gasteiger partial charge in [0.05, 0.1) is 31.1 Å². The molecule has 0 spiro atoms. The van der Waals surface area contributed by atoms with Gasteiger partial charge in [-0.25, -0.2) is 4.79 Å². The lowest BCUT2D eigenvalue weighted by Gasteiger charge is -2.39. The SMILES string of the molecule is CC(C)OC(=O)C1C(COCCN)=NC(=O)N(CCCN(C)C(=O)c2ccc(Oc3ccccc3)cc2)C1c1cc(Cl)cc(Cl)c1. The number of halogens is 2. The van der Waals surface area contributed by atoms with E-state index in [9.17, 15) is 14.4 Å². The van der Waals surface area contributed by atoms with Gasteiger partial charge in [0.1, 0.15) is 17.4 Å². The minimum atomic E-state index is -0.983. The fraction of sp³-hybridized carbons (Fsp3) is 0.353. The Kier molecular flexibility index (Phi) is 12.6. The molecule has 1 aliphatic rings. The number of ether oxygens (including phenoxy) is 3. The monoisotopic (exact) mass is 668 g/mol. The van der Waals surface area contributed by atoms with Crippen LogP contribution in [0.4, 0.5) is 4.79 Å². The Labute approximate surface area is 279 Å². The summed E-state index contributed by atoms with van der Waals surface area (Å²) in [6.07, 6.45) is -0.0129. The van der Waals surface area contributed by atoms with Gasteiger partial charge in [0.25, 0.3) is 5.91 Å². The Balaban J connectivity index is 1.52. The van der Waals surface area contributed by atoms with E-state index < -0.39 is 30.1 Å². The van der Waals surface area contributed by atoms with E-state index in [0.717, 1.165) is 0 Å². The second kappa shape index (κ2) is 16.6. The summed E-state index contributed by atoms with van der Waals surface area (Å²) in [5.41, 5.74) is 6.85. The van der Waals surface area contributed by atoms with E-state index in [0.29, 0.717) is 45.6 Å². The number of benzene rings is 3. The normalized spacial score (nSPS) is 16.3. The van der Waals surface area contributed by atoms with Gasteiger partial charge >= 0.3 is 12.0 Å². The zero-order valence-electron chi connectivity index (χ0n) is 26.0. The molecule has 3 aromatic carbocycles. The molecule has 244 valence electrons. The molecule has 0 saturated carbocycles. The van der Waals surface area contributed by atoms with Gasteiger partial charge < -0.3 is 29.7 Å². The maximum Gasteiger partial charge on any atom is 0.344 e. The largest absolute Gasteiger partial charge is 0.462 e. The van der Waals surface area contributed by atoms with Gasteiger partial charge in [0, 0.05) is 42.3 Å². The minimum absolute atomic E-state index is 0.0775. The number of rotatable bonds is 14. The van der Waals surface area contributed by atoms with Crippen molar-refractivity contribution in [3.05, 3.63) is 94.0 Å². The van der Waals surface area contributed by atoms with Gasteiger partial charge in [-0.3, -0.25) is 9.59 Å². The summed E-state index contributed by atoms with van der Waals surface area (Å²) in [7, 11) is 1.69. The summed E-state index contributed by atoms with van der Waals surface area (Å²) in [5, 5.41) is 0.694. The minimum Gasteiger partial charge on any atom is -0.462 e. The molecule has 0 aliphatic carbocycles. The van der Waals surface area contributed by atoms with E-state index >= 15 is 0 Å². The lowest BCUT2D eigenvalue weighted by Crippen LogP contribution is -2.50. The van der Waals surface area contributed by atoms with Crippen molar-refractivity contribution in [2.24, 2.45) is 16.6 Å². The van der Waals surface area contributed by atoms with Crippen LogP contribution in [-0.4, -0.2) is 79.4 Å². The van der Waals surface area contributed by atoms with Gasteiger partial charge in [-0.1, -0.05) is 41.4 Å². The number of para-hydroxylation sites is 1. The van der Waals surface area contributed by atoms with Crippen molar-refractivity contribution in [3.63, 3.8) is 0 Å². The average molecular weight is 670 g/mol. The molecular formula is C34H38Cl2N4O6. The molecule has 3 aromatic rings. The topological polar surface area (TPSA) is 124 Å². The van der Waals surface area contributed by atoms with E-state index in [1.54, 1.807) is 68.3 Å². The van der Waals surface area contributed by atoms with E-state index in [1.807, 2.05) is 30.3 Å². The fourth-order valence-corrected chi connectivity index (χ4v) is 5.68. The summed E-state index contributed by atoms with van der Waals surface area (Å²) < 4.78 is 17.0. The molecule has 0 bridgehead atoms. The molecule has 0 radical (unpaired) electrons. The van der Waals surface area contributed by atoms with Crippen molar-refractivity contribution >= 4 is 46.8 Å². The highest BCUT2D eigenvalue weighted by atomic mass is 35.5. The summed E-state index contributed by atoms with van der Waals surface area (Å²) >= 11 is 12.7. The van der Waals surface area contributed by atoms with Crippen LogP contribution in [-0.2, 0) is 14.3 Å². The standard InChI is InChI=1S/C34H38Cl2N4O6/c1-22(2)45-33(42)30-29(21-44-17-14-37)38-34(43)40(31(30)24-18-25(35)20-26(36)19-24)16-7-15-39(3)32(41)23-10-12-28(13-11-23)46-27-8-5-4-6-9-27/h4-6,8-13,18-20,22,30-31H,7,14-17,21,37H2,1-3H3. The quantitative estimate of drug-likeness (QED) is 0.156. The molecule has 4 rings (SSSR count). The Morgan fingerprint density at radius 2 is 1.65 bits per heavy atom. The second-order valence-corrected chi connectivity index (χ2v) is 11.9. The van der Waals surface area contributed by atoms with Crippen LogP contribution in [0.25, 0.3) is 0 Å². The number of carbonyl (C=O) groups is 3. The number of carbonyl (C=O) groups excluding carboxylic acids is 3. The number of nitrogens with zero attached hydrogens (tertiary/aromatic N) is 3. The molecule has 3 amide bonds. The number of aliphatic imine (C=N–C) groups is 1. The third kappa shape index (κ3) is 9.29. The number of hydrogen-bond acceptors (Lipinski definition) is 7. The molecule has 2 unspecified atom stereocenters. The van der Waals surface area contributed by atoms with Crippen molar-refractivity contribution in [2.45, 2.75) is 32.4 Å². The Morgan fingerprint density at radius 3 is 2.28 bits per heavy atom. The number of nitrogens with two attached hydrogens (primary N) is 1. The van der Waals surface area contributed by atoms with E-state index in [2.05, 4.69) is 4.99 Å². The molecule has 0 saturated heterocycles. The molecular weight excluding hydrogens is 631 g/mol. The average Bonchev–Trinajstić information content (AvgIpc) is 3.01. The summed E-state index contributed by atoms with van der Waals surface area (Å²) in [5.74, 6) is -0.423. The van der Waals surface area contributed by atoms with Crippen molar-refractivity contribution in [2.75, 3.05) is 39.9 Å². The van der Waals surface area contributed by atoms with Gasteiger partial charge in [-0.05, 0) is 80.4 Å². The summed E-state index contributed by atoms with van der Waals surface area (Å²) in [6, 6.07) is 19.8. The van der Waals surface area contributed by atoms with Gasteiger partial charge in [0.2, 0.25) is 0 Å². The molecule has 12 heteroatoms. The zero-order valence-corrected chi connectivity index (χ0v) is 27.5. The first-order valence-corrected chi connectivity index (χ1v) is 15.7. The van der Waals surface area contributed by atoms with Crippen LogP contribution < -0.4 is 10.5 Å². The molecule has 46 heavy (non-hydrogen) atoms. The number of hydrogen-bond donors (Lipinski definition) is 1. The first-order chi connectivity index (χ1) is 22.1. The Morgan fingerprint density at radius 1 is 1.00 bits per heavy atom. The van der Waals surface area contributed by atoms with Crippen LogP contribution in [0.2, 0.25) is 10.0 Å². The molecule has 1 heterocycles. The lowest BCUT2D eigenvalue weighted by atomic mass is 9.86.